The minimum atomic E-state index is -0.154. The fourth-order valence-electron chi connectivity index (χ4n) is 3.43. The molecule has 0 bridgehead atoms. The molecule has 1 amide bonds. The molecule has 0 atom stereocenters. The van der Waals surface area contributed by atoms with Crippen molar-refractivity contribution >= 4 is 5.91 Å². The molecule has 0 aromatic carbocycles. The van der Waals surface area contributed by atoms with Gasteiger partial charge in [-0.05, 0) is 75.1 Å². The molecule has 1 fully saturated rings. The Morgan fingerprint density at radius 3 is 2.79 bits per heavy atom. The van der Waals surface area contributed by atoms with E-state index in [4.69, 9.17) is 4.74 Å². The lowest BCUT2D eigenvalue weighted by molar-refractivity contribution is -0.121. The molecule has 3 N–H and O–H groups in total. The average Bonchev–Trinajstić information content (AvgIpc) is 2.97. The van der Waals surface area contributed by atoms with E-state index in [9.17, 15) is 9.90 Å². The molecule has 0 aromatic rings. The second kappa shape index (κ2) is 14.2. The van der Waals surface area contributed by atoms with Crippen molar-refractivity contribution in [1.29, 1.82) is 0 Å². The average molecular weight is 404 g/mol. The van der Waals surface area contributed by atoms with Crippen molar-refractivity contribution in [3.05, 3.63) is 41.4 Å². The number of hydrogen-bond acceptors (Lipinski definition) is 5. The quantitative estimate of drug-likeness (QED) is 0.325. The minimum absolute atomic E-state index is 0.137. The normalized spacial score (nSPS) is 17.6. The highest BCUT2D eigenvalue weighted by Gasteiger charge is 2.17. The highest BCUT2D eigenvalue weighted by atomic mass is 16.5. The zero-order valence-corrected chi connectivity index (χ0v) is 17.8. The van der Waals surface area contributed by atoms with E-state index in [1.54, 1.807) is 7.11 Å². The van der Waals surface area contributed by atoms with Crippen molar-refractivity contribution in [2.24, 2.45) is 0 Å². The van der Waals surface area contributed by atoms with Crippen LogP contribution in [0.5, 0.6) is 0 Å². The largest absolute Gasteiger partial charge is 0.497 e. The van der Waals surface area contributed by atoms with Crippen LogP contribution in [0.4, 0.5) is 0 Å². The Balaban J connectivity index is 1.39. The number of ether oxygens (including phenoxy) is 1. The summed E-state index contributed by atoms with van der Waals surface area (Å²) in [4.78, 5) is 14.2. The summed E-state index contributed by atoms with van der Waals surface area (Å²) in [5.41, 5.74) is 4.43. The number of likely N-dealkylation sites (tertiary alicyclic amines) is 1. The molecule has 0 saturated carbocycles. The van der Waals surface area contributed by atoms with E-state index in [1.807, 2.05) is 18.2 Å². The summed E-state index contributed by atoms with van der Waals surface area (Å²) in [5, 5.41) is 16.0. The van der Waals surface area contributed by atoms with Crippen molar-refractivity contribution in [3.63, 3.8) is 0 Å². The van der Waals surface area contributed by atoms with Crippen LogP contribution in [0.1, 0.15) is 44.9 Å². The van der Waals surface area contributed by atoms with E-state index in [-0.39, 0.29) is 12.0 Å². The van der Waals surface area contributed by atoms with Gasteiger partial charge in [-0.2, -0.15) is 0 Å². The topological polar surface area (TPSA) is 73.8 Å². The third-order valence-electron chi connectivity index (χ3n) is 5.34. The van der Waals surface area contributed by atoms with Crippen molar-refractivity contribution in [2.45, 2.75) is 51.0 Å². The van der Waals surface area contributed by atoms with E-state index >= 15 is 0 Å². The maximum absolute atomic E-state index is 11.9. The number of nitrogens with one attached hydrogen (secondary N) is 2. The molecular weight excluding hydrogens is 366 g/mol. The van der Waals surface area contributed by atoms with Crippen molar-refractivity contribution < 1.29 is 14.6 Å². The number of unbranched alkanes of at least 4 members (excludes halogenated alkanes) is 2. The predicted octanol–water partition coefficient (Wildman–Crippen LogP) is 2.28. The van der Waals surface area contributed by atoms with Gasteiger partial charge in [-0.3, -0.25) is 4.79 Å². The lowest BCUT2D eigenvalue weighted by Gasteiger charge is -2.29. The Morgan fingerprint density at radius 2 is 2.00 bits per heavy atom. The molecule has 1 saturated heterocycles. The number of piperidine rings is 1. The summed E-state index contributed by atoms with van der Waals surface area (Å²) in [6, 6.07) is 0. The van der Waals surface area contributed by atoms with Gasteiger partial charge in [0.15, 0.2) is 0 Å². The number of aliphatic hydroxyl groups excluding tert-OH is 1. The van der Waals surface area contributed by atoms with Gasteiger partial charge in [-0.25, -0.2) is 0 Å². The van der Waals surface area contributed by atoms with Crippen LogP contribution in [0.15, 0.2) is 41.4 Å². The van der Waals surface area contributed by atoms with Crippen LogP contribution in [0.2, 0.25) is 0 Å². The highest BCUT2D eigenvalue weighted by Crippen LogP contribution is 2.10. The fourth-order valence-corrected chi connectivity index (χ4v) is 3.43. The maximum Gasteiger partial charge on any atom is 0.221 e. The van der Waals surface area contributed by atoms with Gasteiger partial charge in [0.2, 0.25) is 5.91 Å². The first kappa shape index (κ1) is 23.4. The second-order valence-corrected chi connectivity index (χ2v) is 7.68. The van der Waals surface area contributed by atoms with Crippen LogP contribution >= 0.6 is 0 Å². The first-order valence-corrected chi connectivity index (χ1v) is 10.9. The molecule has 1 aliphatic carbocycles. The monoisotopic (exact) mass is 403 g/mol. The molecular formula is C23H37N3O3. The lowest BCUT2D eigenvalue weighted by atomic mass is 10.1. The van der Waals surface area contributed by atoms with Gasteiger partial charge in [0.05, 0.1) is 13.2 Å². The van der Waals surface area contributed by atoms with E-state index in [0.717, 1.165) is 83.6 Å². The molecule has 6 heteroatoms. The Bertz CT molecular complexity index is 613. The van der Waals surface area contributed by atoms with Crippen LogP contribution in [0.3, 0.4) is 0 Å². The number of carbonyl (C=O) groups excluding carboxylic acids is 1. The summed E-state index contributed by atoms with van der Waals surface area (Å²) in [7, 11) is 1.67. The Morgan fingerprint density at radius 1 is 1.21 bits per heavy atom. The van der Waals surface area contributed by atoms with E-state index in [1.165, 1.54) is 5.57 Å². The minimum Gasteiger partial charge on any atom is -0.497 e. The number of rotatable bonds is 13. The van der Waals surface area contributed by atoms with E-state index in [0.29, 0.717) is 6.42 Å². The van der Waals surface area contributed by atoms with Crippen molar-refractivity contribution in [2.75, 3.05) is 46.4 Å². The number of allylic oxidation sites excluding steroid dienone is 3. The van der Waals surface area contributed by atoms with Gasteiger partial charge in [-0.15, -0.1) is 5.73 Å². The number of hydrogen-bond donors (Lipinski definition) is 3. The molecule has 162 valence electrons. The smallest absolute Gasteiger partial charge is 0.221 e. The first-order valence-electron chi connectivity index (χ1n) is 10.9. The third kappa shape index (κ3) is 10.5. The molecule has 0 radical (unpaired) electrons. The van der Waals surface area contributed by atoms with Gasteiger partial charge < -0.3 is 25.4 Å². The summed E-state index contributed by atoms with van der Waals surface area (Å²) in [6.07, 6.45) is 14.1. The zero-order chi connectivity index (χ0) is 20.7. The van der Waals surface area contributed by atoms with Crippen LogP contribution in [0, 0.1) is 0 Å². The SMILES string of the molecule is COC1=CC=C=C(CCNCCCCCNC(=O)CCN2CCC(O)CC2)C=C1. The molecule has 1 aliphatic heterocycles. The maximum atomic E-state index is 11.9. The van der Waals surface area contributed by atoms with Crippen LogP contribution < -0.4 is 10.6 Å². The summed E-state index contributed by atoms with van der Waals surface area (Å²) >= 11 is 0. The number of nitrogens with zero attached hydrogens (tertiary/aromatic N) is 1. The summed E-state index contributed by atoms with van der Waals surface area (Å²) in [6.45, 7) is 5.29. The van der Waals surface area contributed by atoms with Gasteiger partial charge >= 0.3 is 0 Å². The third-order valence-corrected chi connectivity index (χ3v) is 5.34. The number of aliphatic hydroxyl groups is 1. The molecule has 2 aliphatic rings. The molecule has 1 heterocycles. The molecule has 6 nitrogen and oxygen atoms in total. The molecule has 0 unspecified atom stereocenters. The van der Waals surface area contributed by atoms with Gasteiger partial charge in [0.25, 0.3) is 0 Å². The first-order chi connectivity index (χ1) is 14.2. The molecule has 0 aromatic heterocycles. The zero-order valence-electron chi connectivity index (χ0n) is 17.8. The Labute approximate surface area is 175 Å². The van der Waals surface area contributed by atoms with Gasteiger partial charge in [0, 0.05) is 32.6 Å². The molecule has 2 rings (SSSR count). The molecule has 29 heavy (non-hydrogen) atoms. The van der Waals surface area contributed by atoms with Crippen LogP contribution in [0.25, 0.3) is 0 Å². The number of carbonyl (C=O) groups is 1. The highest BCUT2D eigenvalue weighted by molar-refractivity contribution is 5.75. The fraction of sp³-hybridized carbons (Fsp3) is 0.652. The van der Waals surface area contributed by atoms with E-state index < -0.39 is 0 Å². The number of amides is 1. The second-order valence-electron chi connectivity index (χ2n) is 7.68. The van der Waals surface area contributed by atoms with Gasteiger partial charge in [-0.1, -0.05) is 6.42 Å². The lowest BCUT2D eigenvalue weighted by Crippen LogP contribution is -2.38. The van der Waals surface area contributed by atoms with Crippen molar-refractivity contribution in [1.82, 2.24) is 15.5 Å². The summed E-state index contributed by atoms with van der Waals surface area (Å²) < 4.78 is 5.21. The predicted molar refractivity (Wildman–Crippen MR) is 116 cm³/mol. The summed E-state index contributed by atoms with van der Waals surface area (Å²) in [5.74, 6) is 0.983. The van der Waals surface area contributed by atoms with Crippen molar-refractivity contribution in [3.8, 4) is 0 Å². The van der Waals surface area contributed by atoms with Crippen LogP contribution in [-0.2, 0) is 9.53 Å². The van der Waals surface area contributed by atoms with Gasteiger partial charge in [0.1, 0.15) is 5.76 Å². The Kier molecular flexibility index (Phi) is 11.5. The standard InChI is InChI=1S/C23H37N3O3/c1-29-22-7-5-6-20(8-9-22)10-16-24-14-3-2-4-15-25-23(28)13-19-26-17-11-21(27)12-18-26/h5,7-9,21,24,27H,2-4,10-19H2,1H3,(H,25,28). The number of methoxy groups -OCH3 is 1. The molecule has 0 spiro atoms. The Hall–Kier alpha value is -1.85. The van der Waals surface area contributed by atoms with E-state index in [2.05, 4.69) is 27.3 Å². The van der Waals surface area contributed by atoms with Crippen LogP contribution in [-0.4, -0.2) is 68.4 Å².